The summed E-state index contributed by atoms with van der Waals surface area (Å²) in [6.07, 6.45) is 0. The van der Waals surface area contributed by atoms with Gasteiger partial charge in [0.05, 0.1) is 11.9 Å². The summed E-state index contributed by atoms with van der Waals surface area (Å²) >= 11 is 0. The first-order chi connectivity index (χ1) is 7.76. The molecule has 0 aliphatic heterocycles. The Bertz CT molecular complexity index is 434. The first-order valence-electron chi connectivity index (χ1n) is 3.00. The number of carbonyl (C=O) groups excluding carboxylic acids is 2. The number of nitrogens with zero attached hydrogens (tertiary/aromatic N) is 2. The number of rotatable bonds is 0. The molecule has 0 saturated heterocycles. The van der Waals surface area contributed by atoms with Gasteiger partial charge >= 0.3 is 74.6 Å². The van der Waals surface area contributed by atoms with Crippen LogP contribution in [0.3, 0.4) is 0 Å². The third-order valence-corrected chi connectivity index (χ3v) is 0.865. The first kappa shape index (κ1) is 32.2. The van der Waals surface area contributed by atoms with Crippen LogP contribution in [0.4, 0.5) is 16.8 Å². The van der Waals surface area contributed by atoms with E-state index in [0.717, 1.165) is 0 Å². The van der Waals surface area contributed by atoms with E-state index < -0.39 is 27.5 Å². The molecule has 0 atom stereocenters. The first-order valence-corrected chi connectivity index (χ1v) is 5.98. The summed E-state index contributed by atoms with van der Waals surface area (Å²) in [5.41, 5.74) is 0. The minimum Gasteiger partial charge on any atom is -0.543 e. The predicted octanol–water partition coefficient (Wildman–Crippen LogP) is -6.31. The van der Waals surface area contributed by atoms with E-state index >= 15 is 0 Å². The molecule has 102 valence electrons. The van der Waals surface area contributed by atoms with E-state index in [2.05, 4.69) is 0 Å². The van der Waals surface area contributed by atoms with Gasteiger partial charge in [0.2, 0.25) is 0 Å². The van der Waals surface area contributed by atoms with E-state index in [4.69, 9.17) is 39.5 Å². The molecule has 0 rings (SSSR count). The summed E-state index contributed by atoms with van der Waals surface area (Å²) in [6.45, 7) is 0. The third-order valence-electron chi connectivity index (χ3n) is 0.400. The zero-order valence-electron chi connectivity index (χ0n) is 9.75. The second kappa shape index (κ2) is 15.5. The van der Waals surface area contributed by atoms with Gasteiger partial charge in [0.1, 0.15) is 0 Å². The molecule has 20 heavy (non-hydrogen) atoms. The Kier molecular flexibility index (Phi) is 24.9. The van der Waals surface area contributed by atoms with Gasteiger partial charge in [-0.1, -0.05) is 0 Å². The fourth-order valence-corrected chi connectivity index (χ4v) is 0. The Labute approximate surface area is 153 Å². The topological polar surface area (TPSA) is 162 Å². The molecule has 16 heteroatoms. The normalized spacial score (nSPS) is 8.30. The molecule has 0 fully saturated rings. The van der Waals surface area contributed by atoms with Crippen LogP contribution in [-0.4, -0.2) is 11.9 Å². The monoisotopic (exact) mass is 356 g/mol. The van der Waals surface area contributed by atoms with Crippen molar-refractivity contribution >= 4 is 27.5 Å². The molecule has 0 heterocycles. The second-order valence-corrected chi connectivity index (χ2v) is 3.95. The summed E-state index contributed by atoms with van der Waals surface area (Å²) < 4.78 is 60.4. The Balaban J connectivity index is -0.0000000536. The van der Waals surface area contributed by atoms with Crippen LogP contribution in [-0.2, 0) is 18.7 Å². The van der Waals surface area contributed by atoms with Gasteiger partial charge in [-0.25, -0.2) is 9.13 Å². The average molecular weight is 356 g/mol. The van der Waals surface area contributed by atoms with E-state index in [1.165, 1.54) is 0 Å². The Hall–Kier alpha value is 0.100. The molecule has 0 aliphatic rings. The maximum absolute atomic E-state index is 10.6. The number of nitriles is 2. The molecule has 0 saturated carbocycles. The Morgan fingerprint density at radius 1 is 0.800 bits per heavy atom. The number of aliphatic carboxylic acids is 2. The number of hydrogen-bond acceptors (Lipinski definition) is 8. The van der Waals surface area contributed by atoms with Gasteiger partial charge < -0.3 is 19.8 Å². The van der Waals surface area contributed by atoms with Crippen molar-refractivity contribution in [3.63, 3.8) is 0 Å². The van der Waals surface area contributed by atoms with Gasteiger partial charge in [0.25, 0.3) is 0 Å². The van der Waals surface area contributed by atoms with Crippen LogP contribution in [0.1, 0.15) is 0 Å². The van der Waals surface area contributed by atoms with Gasteiger partial charge in [-0.05, 0) is 0 Å². The van der Waals surface area contributed by atoms with Crippen molar-refractivity contribution in [1.29, 1.82) is 10.5 Å². The minimum atomic E-state index is -5.34. The van der Waals surface area contributed by atoms with E-state index in [1.54, 1.807) is 0 Å². The van der Waals surface area contributed by atoms with Crippen LogP contribution >= 0.6 is 15.5 Å². The molecule has 0 bridgehead atoms. The van der Waals surface area contributed by atoms with Crippen LogP contribution in [0.2, 0.25) is 0 Å². The molecule has 0 unspecified atom stereocenters. The van der Waals surface area contributed by atoms with Crippen molar-refractivity contribution < 1.29 is 105 Å². The third kappa shape index (κ3) is 51.9. The number of carboxylic acid groups (broad SMARTS) is 2. The minimum absolute atomic E-state index is 0. The summed E-state index contributed by atoms with van der Waals surface area (Å²) in [4.78, 5) is 17.9. The van der Waals surface area contributed by atoms with Gasteiger partial charge in [-0.3, -0.25) is 0 Å². The number of hydrogen-bond donors (Lipinski definition) is 0. The van der Waals surface area contributed by atoms with E-state index in [1.807, 2.05) is 0 Å². The van der Waals surface area contributed by atoms with Crippen LogP contribution in [0.25, 0.3) is 0 Å². The second-order valence-electron chi connectivity index (χ2n) is 1.70. The van der Waals surface area contributed by atoms with Gasteiger partial charge in [0, 0.05) is 0 Å². The molecule has 0 N–H and O–H groups in total. The molecule has 0 aromatic heterocycles. The molecule has 0 aliphatic carbocycles. The fourth-order valence-electron chi connectivity index (χ4n) is 0. The maximum Gasteiger partial charge on any atom is 1.00 e. The van der Waals surface area contributed by atoms with Crippen molar-refractivity contribution in [3.8, 4) is 11.6 Å². The predicted molar refractivity (Wildman–Crippen MR) is 40.9 cm³/mol. The molecular weight excluding hydrogens is 356 g/mol. The molecular formula is C4F4N2Na2O6P2. The smallest absolute Gasteiger partial charge is 0.543 e. The number of halogens is 4. The van der Waals surface area contributed by atoms with Crippen molar-refractivity contribution in [1.82, 2.24) is 0 Å². The van der Waals surface area contributed by atoms with Crippen LogP contribution in [0.15, 0.2) is 0 Å². The number of carboxylic acids is 2. The molecule has 0 aromatic rings. The van der Waals surface area contributed by atoms with Crippen molar-refractivity contribution in [2.45, 2.75) is 0 Å². The fraction of sp³-hybridized carbons (Fsp3) is 0. The molecule has 0 spiro atoms. The van der Waals surface area contributed by atoms with Gasteiger partial charge in [0.15, 0.2) is 11.6 Å². The quantitative estimate of drug-likeness (QED) is 0.179. The van der Waals surface area contributed by atoms with E-state index in [9.17, 15) is 16.8 Å². The molecule has 8 nitrogen and oxygen atoms in total. The molecule has 0 radical (unpaired) electrons. The molecule has 0 amide bonds. The van der Waals surface area contributed by atoms with Crippen molar-refractivity contribution in [2.24, 2.45) is 0 Å². The van der Waals surface area contributed by atoms with E-state index in [0.29, 0.717) is 11.6 Å². The van der Waals surface area contributed by atoms with E-state index in [-0.39, 0.29) is 59.1 Å². The summed E-state index contributed by atoms with van der Waals surface area (Å²) in [5.74, 6) is -3.72. The standard InChI is InChI=1S/C2H2O4.2CF2NOP.2Na/c3-1(4)2(5)6;2*2-6(3,5)1-4;;/h(H,3,4)(H,5,6);;;;/q;;;2*+1/p-2. The van der Waals surface area contributed by atoms with Crippen LogP contribution < -0.4 is 69.3 Å². The van der Waals surface area contributed by atoms with Crippen LogP contribution in [0, 0.1) is 22.1 Å². The maximum atomic E-state index is 10.6. The molecule has 0 aromatic carbocycles. The largest absolute Gasteiger partial charge is 1.00 e. The SMILES string of the molecule is N#CP(=O)(F)F.N#CP(=O)(F)F.O=C([O-])C(=O)[O-].[Na+].[Na+]. The van der Waals surface area contributed by atoms with Gasteiger partial charge in [-0.15, -0.1) is 16.8 Å². The Morgan fingerprint density at radius 3 is 0.900 bits per heavy atom. The summed E-state index contributed by atoms with van der Waals surface area (Å²) in [5, 5.41) is 32.1. The number of carbonyl (C=O) groups is 2. The summed E-state index contributed by atoms with van der Waals surface area (Å²) in [7, 11) is -10.7. The van der Waals surface area contributed by atoms with Crippen molar-refractivity contribution in [2.75, 3.05) is 0 Å². The zero-order chi connectivity index (χ0) is 15.6. The van der Waals surface area contributed by atoms with Gasteiger partial charge in [-0.2, -0.15) is 10.5 Å². The average Bonchev–Trinajstić information content (AvgIpc) is 2.17. The van der Waals surface area contributed by atoms with Crippen LogP contribution in [0.5, 0.6) is 0 Å². The summed E-state index contributed by atoms with van der Waals surface area (Å²) in [6, 6.07) is 0. The zero-order valence-corrected chi connectivity index (χ0v) is 15.5. The van der Waals surface area contributed by atoms with Crippen molar-refractivity contribution in [3.05, 3.63) is 0 Å². The Morgan fingerprint density at radius 2 is 0.900 bits per heavy atom.